The quantitative estimate of drug-likeness (QED) is 0.280. The molecule has 2 rings (SSSR count). The van der Waals surface area contributed by atoms with Gasteiger partial charge in [0.05, 0.1) is 6.54 Å². The monoisotopic (exact) mass is 436 g/mol. The molecule has 2 heterocycles. The summed E-state index contributed by atoms with van der Waals surface area (Å²) in [6, 6.07) is 0. The van der Waals surface area contributed by atoms with Gasteiger partial charge in [-0.15, -0.1) is 34.2 Å². The maximum atomic E-state index is 5.56. The van der Waals surface area contributed by atoms with Gasteiger partial charge in [-0.25, -0.2) is 0 Å². The van der Waals surface area contributed by atoms with Crippen molar-refractivity contribution in [1.29, 1.82) is 0 Å². The highest BCUT2D eigenvalue weighted by Gasteiger charge is 2.16. The first kappa shape index (κ1) is 20.1. The van der Waals surface area contributed by atoms with Crippen molar-refractivity contribution in [3.05, 3.63) is 11.6 Å². The number of rotatable bonds is 8. The lowest BCUT2D eigenvalue weighted by Crippen LogP contribution is -2.38. The number of fused-ring (bicyclic) bond motifs is 1. The Morgan fingerprint density at radius 2 is 2.17 bits per heavy atom. The maximum Gasteiger partial charge on any atom is 0.191 e. The lowest BCUT2D eigenvalue weighted by molar-refractivity contribution is 0.108. The van der Waals surface area contributed by atoms with Gasteiger partial charge < -0.3 is 19.9 Å². The van der Waals surface area contributed by atoms with Crippen molar-refractivity contribution in [2.24, 2.45) is 10.9 Å². The van der Waals surface area contributed by atoms with Crippen LogP contribution in [0.25, 0.3) is 0 Å². The van der Waals surface area contributed by atoms with Gasteiger partial charge in [-0.2, -0.15) is 0 Å². The molecular weight excluding hydrogens is 407 g/mol. The highest BCUT2D eigenvalue weighted by Crippen LogP contribution is 2.13. The van der Waals surface area contributed by atoms with Gasteiger partial charge in [-0.05, 0) is 18.8 Å². The lowest BCUT2D eigenvalue weighted by atomic mass is 10.2. The first-order chi connectivity index (χ1) is 10.7. The number of guanidine groups is 1. The number of aryl methyl sites for hydroxylation is 1. The van der Waals surface area contributed by atoms with E-state index in [4.69, 9.17) is 4.74 Å². The van der Waals surface area contributed by atoms with Gasteiger partial charge >= 0.3 is 0 Å². The van der Waals surface area contributed by atoms with E-state index < -0.39 is 0 Å². The molecule has 0 saturated carbocycles. The van der Waals surface area contributed by atoms with Gasteiger partial charge in [0.15, 0.2) is 11.8 Å². The minimum atomic E-state index is 0. The van der Waals surface area contributed by atoms with Crippen molar-refractivity contribution in [3.8, 4) is 0 Å². The van der Waals surface area contributed by atoms with E-state index in [9.17, 15) is 0 Å². The highest BCUT2D eigenvalue weighted by atomic mass is 127. The Morgan fingerprint density at radius 1 is 1.35 bits per heavy atom. The largest absolute Gasteiger partial charge is 0.381 e. The predicted molar refractivity (Wildman–Crippen MR) is 102 cm³/mol. The van der Waals surface area contributed by atoms with E-state index in [2.05, 4.69) is 44.2 Å². The molecule has 1 aliphatic rings. The molecule has 8 heteroatoms. The normalized spacial score (nSPS) is 13.8. The van der Waals surface area contributed by atoms with Gasteiger partial charge in [-0.1, -0.05) is 13.8 Å². The minimum Gasteiger partial charge on any atom is -0.381 e. The standard InChI is InChI=1S/C15H28N6O.HI/c1-12(2)11-22-9-5-7-17-15(16-3)18-10-14-20-19-13-6-4-8-21(13)14;/h12H,4-11H2,1-3H3,(H2,16,17,18);1H. The molecule has 0 bridgehead atoms. The van der Waals surface area contributed by atoms with Gasteiger partial charge in [0.2, 0.25) is 0 Å². The summed E-state index contributed by atoms with van der Waals surface area (Å²) in [5.41, 5.74) is 0. The molecule has 1 aromatic heterocycles. The second kappa shape index (κ2) is 10.8. The molecule has 0 fully saturated rings. The van der Waals surface area contributed by atoms with Crippen LogP contribution in [0.4, 0.5) is 0 Å². The molecule has 1 aliphatic heterocycles. The summed E-state index contributed by atoms with van der Waals surface area (Å²) in [4.78, 5) is 4.22. The summed E-state index contributed by atoms with van der Waals surface area (Å²) in [5.74, 6) is 3.46. The Morgan fingerprint density at radius 3 is 2.91 bits per heavy atom. The third-order valence-electron chi connectivity index (χ3n) is 3.53. The fourth-order valence-electron chi connectivity index (χ4n) is 2.42. The van der Waals surface area contributed by atoms with Gasteiger partial charge in [0, 0.05) is 39.8 Å². The molecule has 0 amide bonds. The zero-order chi connectivity index (χ0) is 15.8. The van der Waals surface area contributed by atoms with Crippen LogP contribution < -0.4 is 10.6 Å². The van der Waals surface area contributed by atoms with Crippen molar-refractivity contribution in [2.75, 3.05) is 26.8 Å². The first-order valence-corrected chi connectivity index (χ1v) is 8.14. The van der Waals surface area contributed by atoms with Crippen LogP contribution >= 0.6 is 24.0 Å². The SMILES string of the molecule is CN=C(NCCCOCC(C)C)NCc1nnc2n1CCC2.I. The summed E-state index contributed by atoms with van der Waals surface area (Å²) in [5, 5.41) is 15.0. The van der Waals surface area contributed by atoms with E-state index in [1.165, 1.54) is 6.42 Å². The third-order valence-corrected chi connectivity index (χ3v) is 3.53. The highest BCUT2D eigenvalue weighted by molar-refractivity contribution is 14.0. The molecule has 0 spiro atoms. The molecular formula is C15H29IN6O. The summed E-state index contributed by atoms with van der Waals surface area (Å²) >= 11 is 0. The van der Waals surface area contributed by atoms with Crippen LogP contribution in [0.3, 0.4) is 0 Å². The second-order valence-electron chi connectivity index (χ2n) is 5.96. The number of halogens is 1. The van der Waals surface area contributed by atoms with Crippen molar-refractivity contribution in [3.63, 3.8) is 0 Å². The van der Waals surface area contributed by atoms with Gasteiger partial charge in [0.1, 0.15) is 5.82 Å². The van der Waals surface area contributed by atoms with E-state index in [1.807, 2.05) is 0 Å². The molecule has 1 aromatic rings. The average molecular weight is 436 g/mol. The molecule has 0 atom stereocenters. The fourth-order valence-corrected chi connectivity index (χ4v) is 2.42. The minimum absolute atomic E-state index is 0. The van der Waals surface area contributed by atoms with Gasteiger partial charge in [-0.3, -0.25) is 4.99 Å². The third kappa shape index (κ3) is 6.62. The molecule has 0 aromatic carbocycles. The van der Waals surface area contributed by atoms with Crippen LogP contribution in [0.1, 0.15) is 38.3 Å². The van der Waals surface area contributed by atoms with Gasteiger partial charge in [0.25, 0.3) is 0 Å². The van der Waals surface area contributed by atoms with Crippen molar-refractivity contribution in [1.82, 2.24) is 25.4 Å². The zero-order valence-corrected chi connectivity index (χ0v) is 16.7. The van der Waals surface area contributed by atoms with E-state index in [-0.39, 0.29) is 24.0 Å². The molecule has 0 unspecified atom stereocenters. The Balaban J connectivity index is 0.00000264. The molecule has 0 saturated heterocycles. The lowest BCUT2D eigenvalue weighted by Gasteiger charge is -2.12. The number of nitrogens with zero attached hydrogens (tertiary/aromatic N) is 4. The topological polar surface area (TPSA) is 76.4 Å². The number of aromatic nitrogens is 3. The van der Waals surface area contributed by atoms with Crippen molar-refractivity contribution < 1.29 is 4.74 Å². The summed E-state index contributed by atoms with van der Waals surface area (Å²) < 4.78 is 7.75. The second-order valence-corrected chi connectivity index (χ2v) is 5.96. The number of aliphatic imine (C=N–C) groups is 1. The summed E-state index contributed by atoms with van der Waals surface area (Å²) in [6.07, 6.45) is 3.17. The van der Waals surface area contributed by atoms with Crippen molar-refractivity contribution in [2.45, 2.75) is 46.2 Å². The van der Waals surface area contributed by atoms with Crippen LogP contribution in [0, 0.1) is 5.92 Å². The van der Waals surface area contributed by atoms with Crippen LogP contribution in [0.2, 0.25) is 0 Å². The average Bonchev–Trinajstić information content (AvgIpc) is 3.09. The Kier molecular flexibility index (Phi) is 9.46. The van der Waals surface area contributed by atoms with Crippen LogP contribution in [-0.2, 0) is 24.2 Å². The fraction of sp³-hybridized carbons (Fsp3) is 0.800. The molecule has 0 radical (unpaired) electrons. The smallest absolute Gasteiger partial charge is 0.191 e. The molecule has 7 nitrogen and oxygen atoms in total. The summed E-state index contributed by atoms with van der Waals surface area (Å²) in [7, 11) is 1.78. The number of hydrogen-bond acceptors (Lipinski definition) is 4. The van der Waals surface area contributed by atoms with Crippen LogP contribution in [0.5, 0.6) is 0 Å². The molecule has 2 N–H and O–H groups in total. The first-order valence-electron chi connectivity index (χ1n) is 8.14. The van der Waals surface area contributed by atoms with Crippen LogP contribution in [-0.4, -0.2) is 47.5 Å². The molecule has 23 heavy (non-hydrogen) atoms. The zero-order valence-electron chi connectivity index (χ0n) is 14.3. The van der Waals surface area contributed by atoms with E-state index in [0.29, 0.717) is 12.5 Å². The van der Waals surface area contributed by atoms with E-state index >= 15 is 0 Å². The van der Waals surface area contributed by atoms with Crippen molar-refractivity contribution >= 4 is 29.9 Å². The van der Waals surface area contributed by atoms with Crippen LogP contribution in [0.15, 0.2) is 4.99 Å². The molecule has 132 valence electrons. The molecule has 0 aliphatic carbocycles. The Bertz CT molecular complexity index is 488. The number of ether oxygens (including phenoxy) is 1. The van der Waals surface area contributed by atoms with E-state index in [0.717, 1.165) is 56.8 Å². The summed E-state index contributed by atoms with van der Waals surface area (Å²) in [6.45, 7) is 8.44. The number of hydrogen-bond donors (Lipinski definition) is 2. The predicted octanol–water partition coefficient (Wildman–Crippen LogP) is 1.57. The number of nitrogens with one attached hydrogen (secondary N) is 2. The maximum absolute atomic E-state index is 5.56. The Labute approximate surface area is 155 Å². The Hall–Kier alpha value is -0.900. The van der Waals surface area contributed by atoms with E-state index in [1.54, 1.807) is 7.05 Å².